The molecule has 2 aliphatic rings. The molecule has 2 aliphatic heterocycles. The van der Waals surface area contributed by atoms with Crippen molar-refractivity contribution in [2.24, 2.45) is 0 Å². The Morgan fingerprint density at radius 3 is 2.31 bits per heavy atom. The monoisotopic (exact) mass is 365 g/mol. The smallest absolute Gasteiger partial charge is 0.261 e. The van der Waals surface area contributed by atoms with Crippen molar-refractivity contribution in [3.05, 3.63) is 35.4 Å². The van der Waals surface area contributed by atoms with Gasteiger partial charge in [-0.1, -0.05) is 12.1 Å². The number of aliphatic hydroxyl groups is 2. The number of carbonyl (C=O) groups is 2. The quantitative estimate of drug-likeness (QED) is 0.547. The van der Waals surface area contributed by atoms with E-state index in [1.807, 2.05) is 0 Å². The van der Waals surface area contributed by atoms with Crippen LogP contribution in [0.1, 0.15) is 34.1 Å². The summed E-state index contributed by atoms with van der Waals surface area (Å²) in [4.78, 5) is 25.8. The van der Waals surface area contributed by atoms with Crippen LogP contribution in [0.2, 0.25) is 0 Å². The minimum absolute atomic E-state index is 0.162. The van der Waals surface area contributed by atoms with Gasteiger partial charge in [-0.25, -0.2) is 0 Å². The largest absolute Gasteiger partial charge is 0.388 e. The van der Waals surface area contributed by atoms with Crippen molar-refractivity contribution in [1.29, 1.82) is 0 Å². The molecule has 0 bridgehead atoms. The number of methoxy groups -OCH3 is 1. The Morgan fingerprint density at radius 2 is 1.73 bits per heavy atom. The number of carbonyl (C=O) groups excluding carboxylic acids is 2. The van der Waals surface area contributed by atoms with Crippen LogP contribution in [0.25, 0.3) is 0 Å². The Labute approximate surface area is 151 Å². The van der Waals surface area contributed by atoms with E-state index in [4.69, 9.17) is 14.2 Å². The van der Waals surface area contributed by atoms with E-state index in [-0.39, 0.29) is 25.0 Å². The normalized spacial score (nSPS) is 31.4. The fourth-order valence-electron chi connectivity index (χ4n) is 3.27. The molecule has 3 rings (SSSR count). The van der Waals surface area contributed by atoms with E-state index in [2.05, 4.69) is 0 Å². The number of fused-ring (bicyclic) bond motifs is 1. The van der Waals surface area contributed by atoms with Gasteiger partial charge >= 0.3 is 0 Å². The van der Waals surface area contributed by atoms with E-state index in [0.29, 0.717) is 17.5 Å². The molecule has 26 heavy (non-hydrogen) atoms. The standard InChI is InChI=1S/C18H23NO7/c1-10-13(20)15(14(21)18(24-2)26-10)25-9-5-8-19-16(22)11-6-3-4-7-12(11)17(19)23/h3-4,6-7,10,13-15,18,20-21H,5,8-9H2,1-2H3/t10?,13-,14?,15?,18-/m1/s1. The second kappa shape index (κ2) is 7.81. The van der Waals surface area contributed by atoms with Crippen molar-refractivity contribution in [3.8, 4) is 0 Å². The molecule has 2 amide bonds. The van der Waals surface area contributed by atoms with Gasteiger partial charge in [-0.2, -0.15) is 0 Å². The summed E-state index contributed by atoms with van der Waals surface area (Å²) >= 11 is 0. The maximum Gasteiger partial charge on any atom is 0.261 e. The maximum atomic E-state index is 12.3. The van der Waals surface area contributed by atoms with E-state index < -0.39 is 30.7 Å². The average molecular weight is 365 g/mol. The molecule has 1 aromatic rings. The highest BCUT2D eigenvalue weighted by Gasteiger charge is 2.43. The fourth-order valence-corrected chi connectivity index (χ4v) is 3.27. The summed E-state index contributed by atoms with van der Waals surface area (Å²) in [5.41, 5.74) is 0.816. The number of rotatable bonds is 6. The molecule has 142 valence electrons. The van der Waals surface area contributed by atoms with Crippen LogP contribution in [0.3, 0.4) is 0 Å². The lowest BCUT2D eigenvalue weighted by Gasteiger charge is -2.40. The summed E-state index contributed by atoms with van der Waals surface area (Å²) in [5, 5.41) is 20.3. The summed E-state index contributed by atoms with van der Waals surface area (Å²) in [6, 6.07) is 6.70. The van der Waals surface area contributed by atoms with E-state index in [0.717, 1.165) is 0 Å². The van der Waals surface area contributed by atoms with Crippen molar-refractivity contribution in [2.45, 2.75) is 44.1 Å². The minimum atomic E-state index is -1.13. The van der Waals surface area contributed by atoms with Crippen LogP contribution in [0, 0.1) is 0 Å². The summed E-state index contributed by atoms with van der Waals surface area (Å²) in [6.45, 7) is 2.03. The molecule has 3 unspecified atom stereocenters. The van der Waals surface area contributed by atoms with E-state index in [9.17, 15) is 19.8 Å². The van der Waals surface area contributed by atoms with Crippen molar-refractivity contribution >= 4 is 11.8 Å². The highest BCUT2D eigenvalue weighted by atomic mass is 16.7. The van der Waals surface area contributed by atoms with Crippen LogP contribution in [0.5, 0.6) is 0 Å². The van der Waals surface area contributed by atoms with Crippen molar-refractivity contribution < 1.29 is 34.0 Å². The lowest BCUT2D eigenvalue weighted by molar-refractivity contribution is -0.293. The first-order valence-corrected chi connectivity index (χ1v) is 8.57. The first-order chi connectivity index (χ1) is 12.5. The third-order valence-electron chi connectivity index (χ3n) is 4.73. The Kier molecular flexibility index (Phi) is 5.69. The van der Waals surface area contributed by atoms with Gasteiger partial charge in [0.25, 0.3) is 11.8 Å². The Hall–Kier alpha value is -1.84. The maximum absolute atomic E-state index is 12.3. The highest BCUT2D eigenvalue weighted by Crippen LogP contribution is 2.25. The molecule has 0 spiro atoms. The van der Waals surface area contributed by atoms with E-state index in [1.54, 1.807) is 31.2 Å². The van der Waals surface area contributed by atoms with Gasteiger partial charge in [0, 0.05) is 20.3 Å². The highest BCUT2D eigenvalue weighted by molar-refractivity contribution is 6.21. The van der Waals surface area contributed by atoms with Crippen molar-refractivity contribution in [1.82, 2.24) is 4.90 Å². The molecular formula is C18H23NO7. The van der Waals surface area contributed by atoms with Crippen LogP contribution < -0.4 is 0 Å². The molecule has 0 aromatic heterocycles. The summed E-state index contributed by atoms with van der Waals surface area (Å²) in [7, 11) is 1.40. The molecule has 0 aliphatic carbocycles. The molecule has 2 heterocycles. The topological polar surface area (TPSA) is 106 Å². The van der Waals surface area contributed by atoms with Gasteiger partial charge in [0.2, 0.25) is 0 Å². The van der Waals surface area contributed by atoms with Crippen LogP contribution in [-0.4, -0.2) is 77.9 Å². The third kappa shape index (κ3) is 3.38. The van der Waals surface area contributed by atoms with Gasteiger partial charge in [-0.15, -0.1) is 0 Å². The zero-order valence-corrected chi connectivity index (χ0v) is 14.7. The van der Waals surface area contributed by atoms with E-state index in [1.165, 1.54) is 12.0 Å². The second-order valence-electron chi connectivity index (χ2n) is 6.42. The van der Waals surface area contributed by atoms with Gasteiger partial charge in [0.1, 0.15) is 18.3 Å². The van der Waals surface area contributed by atoms with Crippen LogP contribution >= 0.6 is 0 Å². The number of benzene rings is 1. The summed E-state index contributed by atoms with van der Waals surface area (Å²) in [5.74, 6) is -0.630. The number of hydrogen-bond donors (Lipinski definition) is 2. The zero-order chi connectivity index (χ0) is 18.8. The second-order valence-corrected chi connectivity index (χ2v) is 6.42. The molecule has 8 heteroatoms. The predicted octanol–water partition coefficient (Wildman–Crippen LogP) is 0.171. The van der Waals surface area contributed by atoms with Crippen molar-refractivity contribution in [3.63, 3.8) is 0 Å². The molecule has 0 saturated carbocycles. The van der Waals surface area contributed by atoms with Gasteiger partial charge in [-0.05, 0) is 25.5 Å². The molecule has 1 aromatic carbocycles. The predicted molar refractivity (Wildman–Crippen MR) is 89.5 cm³/mol. The molecular weight excluding hydrogens is 342 g/mol. The van der Waals surface area contributed by atoms with Gasteiger partial charge < -0.3 is 24.4 Å². The van der Waals surface area contributed by atoms with Crippen molar-refractivity contribution in [2.75, 3.05) is 20.3 Å². The summed E-state index contributed by atoms with van der Waals surface area (Å²) in [6.07, 6.45) is -4.06. The minimum Gasteiger partial charge on any atom is -0.388 e. The Morgan fingerprint density at radius 1 is 1.12 bits per heavy atom. The van der Waals surface area contributed by atoms with Crippen LogP contribution in [-0.2, 0) is 14.2 Å². The average Bonchev–Trinajstić information content (AvgIpc) is 2.89. The number of amides is 2. The number of nitrogens with zero attached hydrogens (tertiary/aromatic N) is 1. The molecule has 1 fully saturated rings. The van der Waals surface area contributed by atoms with Crippen LogP contribution in [0.15, 0.2) is 24.3 Å². The first-order valence-electron chi connectivity index (χ1n) is 8.57. The van der Waals surface area contributed by atoms with E-state index >= 15 is 0 Å². The number of hydrogen-bond acceptors (Lipinski definition) is 7. The first kappa shape index (κ1) is 18.9. The third-order valence-corrected chi connectivity index (χ3v) is 4.73. The van der Waals surface area contributed by atoms with Crippen LogP contribution in [0.4, 0.5) is 0 Å². The fraction of sp³-hybridized carbons (Fsp3) is 0.556. The van der Waals surface area contributed by atoms with Gasteiger partial charge in [0.15, 0.2) is 6.29 Å². The molecule has 0 radical (unpaired) electrons. The lowest BCUT2D eigenvalue weighted by Crippen LogP contribution is -2.58. The Balaban J connectivity index is 1.53. The van der Waals surface area contributed by atoms with Gasteiger partial charge in [0.05, 0.1) is 17.2 Å². The number of imide groups is 1. The zero-order valence-electron chi connectivity index (χ0n) is 14.7. The summed E-state index contributed by atoms with van der Waals surface area (Å²) < 4.78 is 16.0. The van der Waals surface area contributed by atoms with Gasteiger partial charge in [-0.3, -0.25) is 14.5 Å². The Bertz CT molecular complexity index is 644. The lowest BCUT2D eigenvalue weighted by atomic mass is 10.00. The molecule has 5 atom stereocenters. The molecule has 1 saturated heterocycles. The molecule has 2 N–H and O–H groups in total. The number of aliphatic hydroxyl groups excluding tert-OH is 2. The number of ether oxygens (including phenoxy) is 3. The molecule has 8 nitrogen and oxygen atoms in total. The SMILES string of the molecule is CO[C@@H]1OC(C)[C@@H](O)C(OCCCN2C(=O)c3ccccc3C2=O)C1O.